The summed E-state index contributed by atoms with van der Waals surface area (Å²) in [5.74, 6) is -0.445. The monoisotopic (exact) mass is 311 g/mol. The first-order valence-electron chi connectivity index (χ1n) is 4.84. The third kappa shape index (κ3) is 5.18. The van der Waals surface area contributed by atoms with Gasteiger partial charge in [-0.3, -0.25) is 4.79 Å². The van der Waals surface area contributed by atoms with E-state index in [-0.39, 0.29) is 29.0 Å². The van der Waals surface area contributed by atoms with E-state index in [1.165, 1.54) is 12.1 Å². The molecule has 0 unspecified atom stereocenters. The molecule has 0 spiro atoms. The van der Waals surface area contributed by atoms with Gasteiger partial charge in [-0.25, -0.2) is 18.1 Å². The van der Waals surface area contributed by atoms with Crippen LogP contribution in [0.25, 0.3) is 0 Å². The Labute approximate surface area is 115 Å². The number of halogens is 2. The normalized spacial score (nSPS) is 11.3. The number of rotatable bonds is 5. The molecular formula is C9H11Cl2N3O3S. The Morgan fingerprint density at radius 1 is 1.33 bits per heavy atom. The highest BCUT2D eigenvalue weighted by Gasteiger charge is 2.11. The quantitative estimate of drug-likeness (QED) is 0.618. The van der Waals surface area contributed by atoms with Gasteiger partial charge in [0.05, 0.1) is 11.8 Å². The molecule has 2 N–H and O–H groups in total. The van der Waals surface area contributed by atoms with Crippen molar-refractivity contribution in [2.24, 2.45) is 0 Å². The molecule has 0 atom stereocenters. The van der Waals surface area contributed by atoms with Crippen molar-refractivity contribution >= 4 is 39.1 Å². The van der Waals surface area contributed by atoms with Crippen LogP contribution in [0.4, 0.5) is 0 Å². The molecule has 0 aliphatic carbocycles. The van der Waals surface area contributed by atoms with E-state index >= 15 is 0 Å². The number of hydrogen-bond donors (Lipinski definition) is 2. The lowest BCUT2D eigenvalue weighted by Gasteiger charge is -2.06. The largest absolute Gasteiger partial charge is 0.351 e. The number of pyridine rings is 1. The number of amides is 1. The number of aromatic nitrogens is 1. The Kier molecular flexibility index (Phi) is 5.33. The van der Waals surface area contributed by atoms with Gasteiger partial charge >= 0.3 is 0 Å². The van der Waals surface area contributed by atoms with Gasteiger partial charge in [-0.15, -0.1) is 0 Å². The molecule has 18 heavy (non-hydrogen) atoms. The Balaban J connectivity index is 2.51. The number of carbonyl (C=O) groups is 1. The molecule has 1 heterocycles. The van der Waals surface area contributed by atoms with Crippen LogP contribution in [0.15, 0.2) is 12.1 Å². The van der Waals surface area contributed by atoms with Crippen LogP contribution in [0.3, 0.4) is 0 Å². The summed E-state index contributed by atoms with van der Waals surface area (Å²) < 4.78 is 23.8. The number of sulfonamides is 1. The van der Waals surface area contributed by atoms with Gasteiger partial charge < -0.3 is 5.32 Å². The zero-order valence-electron chi connectivity index (χ0n) is 9.41. The molecule has 1 aromatic heterocycles. The van der Waals surface area contributed by atoms with Crippen molar-refractivity contribution in [1.82, 2.24) is 15.0 Å². The maximum Gasteiger partial charge on any atom is 0.254 e. The molecular weight excluding hydrogens is 301 g/mol. The molecule has 0 fully saturated rings. The van der Waals surface area contributed by atoms with E-state index in [1.54, 1.807) is 0 Å². The highest BCUT2D eigenvalue weighted by atomic mass is 35.5. The van der Waals surface area contributed by atoms with Crippen LogP contribution < -0.4 is 10.0 Å². The molecule has 0 saturated carbocycles. The standard InChI is InChI=1S/C9H11Cl2N3O3S/c1-18(16,17)13-5-4-12-9(15)6-2-3-7(10)14-8(6)11/h2-3,13H,4-5H2,1H3,(H,12,15). The summed E-state index contributed by atoms with van der Waals surface area (Å²) in [5.41, 5.74) is 0.181. The topological polar surface area (TPSA) is 88.2 Å². The first kappa shape index (κ1) is 15.2. The molecule has 9 heteroatoms. The molecule has 0 bridgehead atoms. The number of nitrogens with zero attached hydrogens (tertiary/aromatic N) is 1. The Bertz CT molecular complexity index is 548. The van der Waals surface area contributed by atoms with Crippen molar-refractivity contribution in [2.75, 3.05) is 19.3 Å². The second kappa shape index (κ2) is 6.33. The number of hydrogen-bond acceptors (Lipinski definition) is 4. The lowest BCUT2D eigenvalue weighted by molar-refractivity contribution is 0.0954. The van der Waals surface area contributed by atoms with E-state index < -0.39 is 15.9 Å². The number of carbonyl (C=O) groups excluding carboxylic acids is 1. The minimum Gasteiger partial charge on any atom is -0.351 e. The van der Waals surface area contributed by atoms with Crippen LogP contribution in [0.2, 0.25) is 10.3 Å². The predicted octanol–water partition coefficient (Wildman–Crippen LogP) is 0.667. The van der Waals surface area contributed by atoms with E-state index in [4.69, 9.17) is 23.2 Å². The second-order valence-corrected chi connectivity index (χ2v) is 5.97. The van der Waals surface area contributed by atoms with E-state index in [9.17, 15) is 13.2 Å². The highest BCUT2D eigenvalue weighted by molar-refractivity contribution is 7.88. The third-order valence-corrected chi connectivity index (χ3v) is 3.06. The summed E-state index contributed by atoms with van der Waals surface area (Å²) in [6, 6.07) is 2.88. The summed E-state index contributed by atoms with van der Waals surface area (Å²) in [7, 11) is -3.26. The lowest BCUT2D eigenvalue weighted by Crippen LogP contribution is -2.34. The maximum absolute atomic E-state index is 11.6. The van der Waals surface area contributed by atoms with Gasteiger partial charge in [-0.1, -0.05) is 23.2 Å². The molecule has 0 radical (unpaired) electrons. The predicted molar refractivity (Wildman–Crippen MR) is 69.4 cm³/mol. The van der Waals surface area contributed by atoms with E-state index in [0.717, 1.165) is 6.26 Å². The fourth-order valence-corrected chi connectivity index (χ4v) is 1.99. The first-order valence-corrected chi connectivity index (χ1v) is 7.49. The average molecular weight is 312 g/mol. The van der Waals surface area contributed by atoms with Gasteiger partial charge in [-0.2, -0.15) is 0 Å². The van der Waals surface area contributed by atoms with E-state index in [2.05, 4.69) is 15.0 Å². The summed E-state index contributed by atoms with van der Waals surface area (Å²) in [4.78, 5) is 15.4. The minimum atomic E-state index is -3.26. The smallest absolute Gasteiger partial charge is 0.254 e. The average Bonchev–Trinajstić information content (AvgIpc) is 2.22. The van der Waals surface area contributed by atoms with Crippen LogP contribution in [-0.4, -0.2) is 38.7 Å². The molecule has 6 nitrogen and oxygen atoms in total. The van der Waals surface area contributed by atoms with Crippen LogP contribution in [0, 0.1) is 0 Å². The lowest BCUT2D eigenvalue weighted by atomic mass is 10.2. The summed E-state index contributed by atoms with van der Waals surface area (Å²) in [6.07, 6.45) is 1.04. The van der Waals surface area contributed by atoms with Crippen molar-refractivity contribution in [1.29, 1.82) is 0 Å². The Morgan fingerprint density at radius 3 is 2.56 bits per heavy atom. The van der Waals surface area contributed by atoms with Crippen molar-refractivity contribution in [2.45, 2.75) is 0 Å². The summed E-state index contributed by atoms with van der Waals surface area (Å²) in [5, 5.41) is 2.68. The fourth-order valence-electron chi connectivity index (χ4n) is 1.09. The molecule has 1 aromatic rings. The Morgan fingerprint density at radius 2 is 2.00 bits per heavy atom. The van der Waals surface area contributed by atoms with E-state index in [0.29, 0.717) is 0 Å². The van der Waals surface area contributed by atoms with Crippen LogP contribution in [-0.2, 0) is 10.0 Å². The van der Waals surface area contributed by atoms with Crippen molar-refractivity contribution < 1.29 is 13.2 Å². The molecule has 0 aliphatic heterocycles. The maximum atomic E-state index is 11.6. The van der Waals surface area contributed by atoms with Gasteiger partial charge in [0.2, 0.25) is 10.0 Å². The Hall–Kier alpha value is -0.890. The zero-order chi connectivity index (χ0) is 13.8. The van der Waals surface area contributed by atoms with Crippen LogP contribution >= 0.6 is 23.2 Å². The fraction of sp³-hybridized carbons (Fsp3) is 0.333. The molecule has 0 aliphatic rings. The van der Waals surface area contributed by atoms with Gasteiger partial charge in [-0.05, 0) is 12.1 Å². The van der Waals surface area contributed by atoms with Crippen molar-refractivity contribution in [3.8, 4) is 0 Å². The molecule has 1 rings (SSSR count). The zero-order valence-corrected chi connectivity index (χ0v) is 11.7. The SMILES string of the molecule is CS(=O)(=O)NCCNC(=O)c1ccc(Cl)nc1Cl. The molecule has 1 amide bonds. The van der Waals surface area contributed by atoms with Gasteiger partial charge in [0, 0.05) is 13.1 Å². The minimum absolute atomic E-state index is 0.00364. The molecule has 100 valence electrons. The molecule has 0 saturated heterocycles. The van der Waals surface area contributed by atoms with Crippen LogP contribution in [0.1, 0.15) is 10.4 Å². The highest BCUT2D eigenvalue weighted by Crippen LogP contribution is 2.16. The van der Waals surface area contributed by atoms with Gasteiger partial charge in [0.15, 0.2) is 0 Å². The van der Waals surface area contributed by atoms with Gasteiger partial charge in [0.1, 0.15) is 10.3 Å². The van der Waals surface area contributed by atoms with Crippen LogP contribution in [0.5, 0.6) is 0 Å². The first-order chi connectivity index (χ1) is 8.29. The second-order valence-electron chi connectivity index (χ2n) is 3.39. The van der Waals surface area contributed by atoms with Crippen molar-refractivity contribution in [3.63, 3.8) is 0 Å². The third-order valence-electron chi connectivity index (χ3n) is 1.83. The summed E-state index contributed by atoms with van der Waals surface area (Å²) in [6.45, 7) is 0.244. The van der Waals surface area contributed by atoms with E-state index in [1.807, 2.05) is 0 Å². The molecule has 0 aromatic carbocycles. The summed E-state index contributed by atoms with van der Waals surface area (Å²) >= 11 is 11.3. The number of nitrogens with one attached hydrogen (secondary N) is 2. The van der Waals surface area contributed by atoms with Gasteiger partial charge in [0.25, 0.3) is 5.91 Å². The van der Waals surface area contributed by atoms with Crippen molar-refractivity contribution in [3.05, 3.63) is 28.0 Å².